The fourth-order valence-electron chi connectivity index (χ4n) is 4.83. The maximum Gasteiger partial charge on any atom is 0.251 e. The zero-order chi connectivity index (χ0) is 26.2. The molecule has 194 valence electrons. The van der Waals surface area contributed by atoms with Gasteiger partial charge in [-0.1, -0.05) is 42.5 Å². The second kappa shape index (κ2) is 12.4. The van der Waals surface area contributed by atoms with Crippen LogP contribution in [0.5, 0.6) is 5.75 Å². The van der Waals surface area contributed by atoms with Gasteiger partial charge in [0.1, 0.15) is 17.8 Å². The summed E-state index contributed by atoms with van der Waals surface area (Å²) in [6.07, 6.45) is 3.18. The van der Waals surface area contributed by atoms with Crippen molar-refractivity contribution in [3.8, 4) is 5.75 Å². The van der Waals surface area contributed by atoms with Crippen LogP contribution >= 0.6 is 0 Å². The molecular weight excluding hydrogens is 468 g/mol. The van der Waals surface area contributed by atoms with Crippen molar-refractivity contribution >= 4 is 34.2 Å². The summed E-state index contributed by atoms with van der Waals surface area (Å²) in [4.78, 5) is 41.4. The van der Waals surface area contributed by atoms with E-state index in [4.69, 9.17) is 10.5 Å². The summed E-state index contributed by atoms with van der Waals surface area (Å²) in [5.74, 6) is -0.139. The molecule has 3 aromatic rings. The minimum Gasteiger partial charge on any atom is -0.496 e. The number of nitrogens with zero attached hydrogens (tertiary/aromatic N) is 1. The molecule has 1 aliphatic heterocycles. The lowest BCUT2D eigenvalue weighted by atomic mass is 10.1. The van der Waals surface area contributed by atoms with Gasteiger partial charge in [0.15, 0.2) is 0 Å². The van der Waals surface area contributed by atoms with Crippen molar-refractivity contribution in [2.45, 2.75) is 44.2 Å². The van der Waals surface area contributed by atoms with Crippen molar-refractivity contribution in [2.75, 3.05) is 25.5 Å². The number of hydrogen-bond donors (Lipinski definition) is 3. The van der Waals surface area contributed by atoms with Crippen LogP contribution in [0.4, 0.5) is 5.69 Å². The first kappa shape index (κ1) is 26.2. The van der Waals surface area contributed by atoms with Crippen LogP contribution in [0, 0.1) is 0 Å². The van der Waals surface area contributed by atoms with Gasteiger partial charge < -0.3 is 26.0 Å². The molecule has 0 saturated carbocycles. The lowest BCUT2D eigenvalue weighted by Gasteiger charge is -2.29. The molecule has 8 nitrogen and oxygen atoms in total. The van der Waals surface area contributed by atoms with E-state index in [1.165, 1.54) is 0 Å². The topological polar surface area (TPSA) is 114 Å². The van der Waals surface area contributed by atoms with Crippen molar-refractivity contribution in [2.24, 2.45) is 5.73 Å². The minimum atomic E-state index is -0.728. The highest BCUT2D eigenvalue weighted by Crippen LogP contribution is 2.30. The molecule has 3 amide bonds. The van der Waals surface area contributed by atoms with Gasteiger partial charge in [-0.2, -0.15) is 0 Å². The summed E-state index contributed by atoms with van der Waals surface area (Å²) < 4.78 is 5.52. The summed E-state index contributed by atoms with van der Waals surface area (Å²) >= 11 is 0. The fraction of sp³-hybridized carbons (Fsp3) is 0.345. The van der Waals surface area contributed by atoms with Gasteiger partial charge in [-0.3, -0.25) is 14.4 Å². The number of amides is 3. The molecule has 0 bridgehead atoms. The number of rotatable bonds is 10. The predicted octanol–water partition coefficient (Wildman–Crippen LogP) is 3.71. The van der Waals surface area contributed by atoms with Gasteiger partial charge in [0.2, 0.25) is 11.8 Å². The number of ether oxygens (including phenoxy) is 1. The SMILES string of the molecule is COc1cc(NC(=O)[C@@H]2CCCN2C(=O)[C@H](CCCCN)NC(=O)c2ccccc2)cc2ccccc12. The molecule has 0 aromatic heterocycles. The number of methoxy groups -OCH3 is 1. The third kappa shape index (κ3) is 6.27. The van der Waals surface area contributed by atoms with Crippen LogP contribution in [0.3, 0.4) is 0 Å². The van der Waals surface area contributed by atoms with Crippen LogP contribution in [0.25, 0.3) is 10.8 Å². The zero-order valence-electron chi connectivity index (χ0n) is 21.1. The van der Waals surface area contributed by atoms with Crippen molar-refractivity contribution in [3.05, 3.63) is 72.3 Å². The van der Waals surface area contributed by atoms with Gasteiger partial charge in [0, 0.05) is 29.2 Å². The summed E-state index contributed by atoms with van der Waals surface area (Å²) in [6, 6.07) is 18.9. The smallest absolute Gasteiger partial charge is 0.251 e. The number of likely N-dealkylation sites (tertiary alicyclic amines) is 1. The third-order valence-corrected chi connectivity index (χ3v) is 6.74. The van der Waals surface area contributed by atoms with Crippen molar-refractivity contribution < 1.29 is 19.1 Å². The number of unbranched alkanes of at least 4 members (excludes halogenated alkanes) is 1. The van der Waals surface area contributed by atoms with Crippen LogP contribution in [0.15, 0.2) is 66.7 Å². The number of fused-ring (bicyclic) bond motifs is 1. The van der Waals surface area contributed by atoms with Gasteiger partial charge in [0.25, 0.3) is 5.91 Å². The Morgan fingerprint density at radius 2 is 1.81 bits per heavy atom. The fourth-order valence-corrected chi connectivity index (χ4v) is 4.83. The van der Waals surface area contributed by atoms with E-state index in [-0.39, 0.29) is 17.7 Å². The summed E-state index contributed by atoms with van der Waals surface area (Å²) in [5, 5.41) is 7.77. The van der Waals surface area contributed by atoms with Crippen LogP contribution < -0.4 is 21.1 Å². The molecule has 0 spiro atoms. The highest BCUT2D eigenvalue weighted by molar-refractivity contribution is 6.02. The molecular formula is C29H34N4O4. The zero-order valence-corrected chi connectivity index (χ0v) is 21.1. The Morgan fingerprint density at radius 3 is 2.57 bits per heavy atom. The Kier molecular flexibility index (Phi) is 8.74. The van der Waals surface area contributed by atoms with Gasteiger partial charge in [-0.25, -0.2) is 0 Å². The molecule has 1 saturated heterocycles. The van der Waals surface area contributed by atoms with Gasteiger partial charge >= 0.3 is 0 Å². The Labute approximate surface area is 217 Å². The van der Waals surface area contributed by atoms with Crippen molar-refractivity contribution in [1.29, 1.82) is 0 Å². The third-order valence-electron chi connectivity index (χ3n) is 6.74. The number of carbonyl (C=O) groups excluding carboxylic acids is 3. The average Bonchev–Trinajstić information content (AvgIpc) is 3.42. The average molecular weight is 503 g/mol. The lowest BCUT2D eigenvalue weighted by molar-refractivity contribution is -0.138. The van der Waals surface area contributed by atoms with E-state index in [0.29, 0.717) is 55.8 Å². The molecule has 0 unspecified atom stereocenters. The van der Waals surface area contributed by atoms with Crippen LogP contribution in [-0.4, -0.2) is 54.9 Å². The standard InChI is InChI=1S/C29H34N4O4/c1-37-26-19-22(18-21-12-5-6-13-23(21)26)31-28(35)25-15-9-17-33(25)29(36)24(14-7-8-16-30)32-27(34)20-10-3-2-4-11-20/h2-6,10-13,18-19,24-25H,7-9,14-17,30H2,1H3,(H,31,35)(H,32,34)/t24-,25-/m0/s1. The number of nitrogens with two attached hydrogens (primary N) is 1. The van der Waals surface area contributed by atoms with E-state index in [2.05, 4.69) is 10.6 Å². The number of anilines is 1. The first-order valence-electron chi connectivity index (χ1n) is 12.8. The van der Waals surface area contributed by atoms with Crippen LogP contribution in [0.1, 0.15) is 42.5 Å². The second-order valence-electron chi connectivity index (χ2n) is 9.26. The van der Waals surface area contributed by atoms with Gasteiger partial charge in [-0.05, 0) is 62.2 Å². The second-order valence-corrected chi connectivity index (χ2v) is 9.26. The number of nitrogens with one attached hydrogen (secondary N) is 2. The van der Waals surface area contributed by atoms with Crippen molar-refractivity contribution in [1.82, 2.24) is 10.2 Å². The van der Waals surface area contributed by atoms with Crippen LogP contribution in [-0.2, 0) is 9.59 Å². The van der Waals surface area contributed by atoms with E-state index in [1.54, 1.807) is 42.3 Å². The minimum absolute atomic E-state index is 0.241. The summed E-state index contributed by atoms with van der Waals surface area (Å²) in [5.41, 5.74) is 6.75. The molecule has 0 aliphatic carbocycles. The molecule has 4 N–H and O–H groups in total. The summed E-state index contributed by atoms with van der Waals surface area (Å²) in [6.45, 7) is 0.976. The Bertz CT molecular complexity index is 1250. The first-order chi connectivity index (χ1) is 18.0. The maximum atomic E-state index is 13.6. The van der Waals surface area contributed by atoms with Crippen molar-refractivity contribution in [3.63, 3.8) is 0 Å². The number of benzene rings is 3. The Balaban J connectivity index is 1.50. The first-order valence-corrected chi connectivity index (χ1v) is 12.8. The van der Waals surface area contributed by atoms with Gasteiger partial charge in [-0.15, -0.1) is 0 Å². The monoisotopic (exact) mass is 502 g/mol. The number of carbonyl (C=O) groups is 3. The van der Waals surface area contributed by atoms with E-state index in [1.807, 2.05) is 36.4 Å². The highest BCUT2D eigenvalue weighted by Gasteiger charge is 2.37. The molecule has 1 heterocycles. The van der Waals surface area contributed by atoms with E-state index in [9.17, 15) is 14.4 Å². The maximum absolute atomic E-state index is 13.6. The van der Waals surface area contributed by atoms with E-state index in [0.717, 1.165) is 17.2 Å². The van der Waals surface area contributed by atoms with Crippen LogP contribution in [0.2, 0.25) is 0 Å². The highest BCUT2D eigenvalue weighted by atomic mass is 16.5. The molecule has 8 heteroatoms. The lowest BCUT2D eigenvalue weighted by Crippen LogP contribution is -2.52. The predicted molar refractivity (Wildman–Crippen MR) is 144 cm³/mol. The summed E-state index contributed by atoms with van der Waals surface area (Å²) in [7, 11) is 1.60. The van der Waals surface area contributed by atoms with Gasteiger partial charge in [0.05, 0.1) is 7.11 Å². The molecule has 1 aliphatic rings. The molecule has 37 heavy (non-hydrogen) atoms. The normalized spacial score (nSPS) is 15.8. The number of hydrogen-bond acceptors (Lipinski definition) is 5. The molecule has 3 aromatic carbocycles. The Morgan fingerprint density at radius 1 is 1.05 bits per heavy atom. The van der Waals surface area contributed by atoms with E-state index < -0.39 is 12.1 Å². The molecule has 1 fully saturated rings. The molecule has 0 radical (unpaired) electrons. The Hall–Kier alpha value is -3.91. The largest absolute Gasteiger partial charge is 0.496 e. The van der Waals surface area contributed by atoms with E-state index >= 15 is 0 Å². The molecule has 2 atom stereocenters. The molecule has 4 rings (SSSR count). The quantitative estimate of drug-likeness (QED) is 0.366.